The highest BCUT2D eigenvalue weighted by molar-refractivity contribution is 5.74. The SMILES string of the molecule is Cc1cccc(-c2noc(-c3cccc(NC=O)c3)n2)c1. The van der Waals surface area contributed by atoms with E-state index in [1.165, 1.54) is 0 Å². The zero-order chi connectivity index (χ0) is 14.7. The molecule has 1 heterocycles. The first-order valence-electron chi connectivity index (χ1n) is 6.47. The summed E-state index contributed by atoms with van der Waals surface area (Å²) < 4.78 is 5.30. The Bertz CT molecular complexity index is 780. The minimum atomic E-state index is 0.418. The highest BCUT2D eigenvalue weighted by Gasteiger charge is 2.11. The summed E-state index contributed by atoms with van der Waals surface area (Å²) >= 11 is 0. The number of rotatable bonds is 4. The van der Waals surface area contributed by atoms with Crippen molar-refractivity contribution in [2.45, 2.75) is 6.92 Å². The lowest BCUT2D eigenvalue weighted by atomic mass is 10.1. The van der Waals surface area contributed by atoms with Gasteiger partial charge in [0.1, 0.15) is 0 Å². The Balaban J connectivity index is 1.94. The first-order valence-corrected chi connectivity index (χ1v) is 6.47. The summed E-state index contributed by atoms with van der Waals surface area (Å²) in [4.78, 5) is 14.9. The van der Waals surface area contributed by atoms with E-state index in [4.69, 9.17) is 4.52 Å². The summed E-state index contributed by atoms with van der Waals surface area (Å²) in [5.41, 5.74) is 3.48. The number of carbonyl (C=O) groups excluding carboxylic acids is 1. The van der Waals surface area contributed by atoms with E-state index in [0.717, 1.165) is 16.7 Å². The predicted molar refractivity (Wildman–Crippen MR) is 79.6 cm³/mol. The summed E-state index contributed by atoms with van der Waals surface area (Å²) in [6.07, 6.45) is 0.630. The van der Waals surface area contributed by atoms with Gasteiger partial charge in [-0.25, -0.2) is 0 Å². The van der Waals surface area contributed by atoms with Crippen LogP contribution in [0.4, 0.5) is 5.69 Å². The third-order valence-corrected chi connectivity index (χ3v) is 3.04. The molecule has 0 saturated carbocycles. The number of nitrogens with zero attached hydrogens (tertiary/aromatic N) is 2. The smallest absolute Gasteiger partial charge is 0.258 e. The molecule has 0 aliphatic carbocycles. The van der Waals surface area contributed by atoms with Crippen LogP contribution in [0.3, 0.4) is 0 Å². The Morgan fingerprint density at radius 3 is 2.71 bits per heavy atom. The molecule has 0 bridgehead atoms. The number of hydrogen-bond donors (Lipinski definition) is 1. The molecule has 0 aliphatic heterocycles. The maximum atomic E-state index is 10.5. The van der Waals surface area contributed by atoms with Crippen LogP contribution >= 0.6 is 0 Å². The molecule has 5 nitrogen and oxygen atoms in total. The molecule has 3 aromatic rings. The van der Waals surface area contributed by atoms with Gasteiger partial charge in [0.2, 0.25) is 12.2 Å². The maximum absolute atomic E-state index is 10.5. The molecular weight excluding hydrogens is 266 g/mol. The van der Waals surface area contributed by atoms with Gasteiger partial charge >= 0.3 is 0 Å². The summed E-state index contributed by atoms with van der Waals surface area (Å²) in [5, 5.41) is 6.60. The lowest BCUT2D eigenvalue weighted by Gasteiger charge is -1.99. The van der Waals surface area contributed by atoms with Gasteiger partial charge in [-0.3, -0.25) is 4.79 Å². The lowest BCUT2D eigenvalue weighted by Crippen LogP contribution is -1.93. The van der Waals surface area contributed by atoms with Gasteiger partial charge in [-0.05, 0) is 31.2 Å². The van der Waals surface area contributed by atoms with E-state index in [1.54, 1.807) is 12.1 Å². The largest absolute Gasteiger partial charge is 0.334 e. The minimum Gasteiger partial charge on any atom is -0.334 e. The number of hydrogen-bond acceptors (Lipinski definition) is 4. The Morgan fingerprint density at radius 2 is 1.90 bits per heavy atom. The van der Waals surface area contributed by atoms with Gasteiger partial charge < -0.3 is 9.84 Å². The number of anilines is 1. The molecule has 1 aromatic heterocycles. The van der Waals surface area contributed by atoms with Gasteiger partial charge in [-0.15, -0.1) is 0 Å². The van der Waals surface area contributed by atoms with E-state index in [1.807, 2.05) is 43.3 Å². The topological polar surface area (TPSA) is 68.0 Å². The highest BCUT2D eigenvalue weighted by Crippen LogP contribution is 2.24. The fraction of sp³-hybridized carbons (Fsp3) is 0.0625. The average Bonchev–Trinajstić information content (AvgIpc) is 2.98. The second-order valence-electron chi connectivity index (χ2n) is 4.64. The Kier molecular flexibility index (Phi) is 3.47. The molecule has 0 saturated heterocycles. The number of amides is 1. The van der Waals surface area contributed by atoms with Gasteiger partial charge in [0, 0.05) is 16.8 Å². The van der Waals surface area contributed by atoms with Crippen molar-refractivity contribution >= 4 is 12.1 Å². The first-order chi connectivity index (χ1) is 10.3. The van der Waals surface area contributed by atoms with E-state index in [0.29, 0.717) is 23.8 Å². The molecule has 0 spiro atoms. The Morgan fingerprint density at radius 1 is 1.10 bits per heavy atom. The van der Waals surface area contributed by atoms with Crippen LogP contribution in [0.15, 0.2) is 53.1 Å². The summed E-state index contributed by atoms with van der Waals surface area (Å²) in [7, 11) is 0. The molecular formula is C16H13N3O2. The Labute approximate surface area is 121 Å². The molecule has 0 radical (unpaired) electrons. The van der Waals surface area contributed by atoms with E-state index >= 15 is 0 Å². The molecule has 0 aliphatic rings. The van der Waals surface area contributed by atoms with E-state index in [9.17, 15) is 4.79 Å². The fourth-order valence-electron chi connectivity index (χ4n) is 2.05. The fourth-order valence-corrected chi connectivity index (χ4v) is 2.05. The molecule has 1 N–H and O–H groups in total. The summed E-state index contributed by atoms with van der Waals surface area (Å²) in [5.74, 6) is 0.962. The zero-order valence-electron chi connectivity index (χ0n) is 11.4. The second-order valence-corrected chi connectivity index (χ2v) is 4.64. The van der Waals surface area contributed by atoms with Crippen LogP contribution in [0, 0.1) is 6.92 Å². The standard InChI is InChI=1S/C16H13N3O2/c1-11-4-2-5-12(8-11)15-18-16(21-19-15)13-6-3-7-14(9-13)17-10-20/h2-10H,1H3,(H,17,20). The molecule has 0 unspecified atom stereocenters. The van der Waals surface area contributed by atoms with Gasteiger partial charge in [0.05, 0.1) is 0 Å². The van der Waals surface area contributed by atoms with Gasteiger partial charge in [0.25, 0.3) is 5.89 Å². The van der Waals surface area contributed by atoms with Gasteiger partial charge in [0.15, 0.2) is 0 Å². The van der Waals surface area contributed by atoms with Crippen molar-refractivity contribution in [2.24, 2.45) is 0 Å². The van der Waals surface area contributed by atoms with E-state index in [2.05, 4.69) is 15.5 Å². The van der Waals surface area contributed by atoms with Crippen LogP contribution in [0.25, 0.3) is 22.8 Å². The van der Waals surface area contributed by atoms with Crippen molar-refractivity contribution in [1.29, 1.82) is 0 Å². The molecule has 104 valence electrons. The minimum absolute atomic E-state index is 0.418. The van der Waals surface area contributed by atoms with Crippen molar-refractivity contribution < 1.29 is 9.32 Å². The van der Waals surface area contributed by atoms with E-state index < -0.39 is 0 Å². The second kappa shape index (κ2) is 5.58. The van der Waals surface area contributed by atoms with Crippen LogP contribution < -0.4 is 5.32 Å². The quantitative estimate of drug-likeness (QED) is 0.744. The molecule has 1 amide bonds. The number of aryl methyl sites for hydroxylation is 1. The number of aromatic nitrogens is 2. The first kappa shape index (κ1) is 13.1. The summed E-state index contributed by atoms with van der Waals surface area (Å²) in [6.45, 7) is 2.01. The van der Waals surface area contributed by atoms with Crippen LogP contribution in [0.5, 0.6) is 0 Å². The van der Waals surface area contributed by atoms with E-state index in [-0.39, 0.29) is 0 Å². The third kappa shape index (κ3) is 2.81. The van der Waals surface area contributed by atoms with Crippen molar-refractivity contribution in [1.82, 2.24) is 10.1 Å². The molecule has 0 atom stereocenters. The Hall–Kier alpha value is -2.95. The van der Waals surface area contributed by atoms with Crippen LogP contribution in [0.2, 0.25) is 0 Å². The van der Waals surface area contributed by atoms with Crippen LogP contribution in [0.1, 0.15) is 5.56 Å². The number of benzene rings is 2. The van der Waals surface area contributed by atoms with Crippen LogP contribution in [-0.2, 0) is 4.79 Å². The molecule has 21 heavy (non-hydrogen) atoms. The van der Waals surface area contributed by atoms with Crippen molar-refractivity contribution in [3.05, 3.63) is 54.1 Å². The van der Waals surface area contributed by atoms with Gasteiger partial charge in [-0.2, -0.15) is 4.98 Å². The molecule has 3 rings (SSSR count). The maximum Gasteiger partial charge on any atom is 0.258 e. The number of carbonyl (C=O) groups is 1. The average molecular weight is 279 g/mol. The summed E-state index contributed by atoms with van der Waals surface area (Å²) in [6, 6.07) is 15.1. The predicted octanol–water partition coefficient (Wildman–Crippen LogP) is 3.28. The normalized spacial score (nSPS) is 10.3. The lowest BCUT2D eigenvalue weighted by molar-refractivity contribution is -0.105. The van der Waals surface area contributed by atoms with Crippen molar-refractivity contribution in [2.75, 3.05) is 5.32 Å². The van der Waals surface area contributed by atoms with Crippen LogP contribution in [-0.4, -0.2) is 16.6 Å². The zero-order valence-corrected chi connectivity index (χ0v) is 11.4. The van der Waals surface area contributed by atoms with Crippen molar-refractivity contribution in [3.63, 3.8) is 0 Å². The van der Waals surface area contributed by atoms with Gasteiger partial charge in [-0.1, -0.05) is 35.0 Å². The molecule has 5 heteroatoms. The third-order valence-electron chi connectivity index (χ3n) is 3.04. The molecule has 2 aromatic carbocycles. The van der Waals surface area contributed by atoms with Crippen molar-refractivity contribution in [3.8, 4) is 22.8 Å². The number of nitrogens with one attached hydrogen (secondary N) is 1. The molecule has 0 fully saturated rings. The monoisotopic (exact) mass is 279 g/mol. The highest BCUT2D eigenvalue weighted by atomic mass is 16.5.